The van der Waals surface area contributed by atoms with Crippen LogP contribution in [0.3, 0.4) is 0 Å². The van der Waals surface area contributed by atoms with Crippen LogP contribution in [0.4, 0.5) is 8.78 Å². The van der Waals surface area contributed by atoms with Crippen LogP contribution in [0.25, 0.3) is 0 Å². The van der Waals surface area contributed by atoms with E-state index >= 15 is 0 Å². The number of benzene rings is 1. The Bertz CT molecular complexity index is 464. The maximum absolute atomic E-state index is 12.6. The van der Waals surface area contributed by atoms with Crippen molar-refractivity contribution in [1.82, 2.24) is 0 Å². The molecule has 0 heterocycles. The van der Waals surface area contributed by atoms with Gasteiger partial charge < -0.3 is 4.74 Å². The molecule has 0 aromatic heterocycles. The summed E-state index contributed by atoms with van der Waals surface area (Å²) in [6, 6.07) is 4.04. The Morgan fingerprint density at radius 2 is 2.12 bits per heavy atom. The molecule has 0 spiro atoms. The Kier molecular flexibility index (Phi) is 3.56. The first-order valence-corrected chi connectivity index (χ1v) is 4.42. The van der Waals surface area contributed by atoms with Crippen LogP contribution in [0, 0.1) is 18.3 Å². The average Bonchev–Trinajstić information content (AvgIpc) is 2.26. The molecule has 3 nitrogen and oxygen atoms in total. The summed E-state index contributed by atoms with van der Waals surface area (Å²) in [6.45, 7) is 1.50. The van der Waals surface area contributed by atoms with Crippen molar-refractivity contribution in [3.05, 3.63) is 34.4 Å². The Morgan fingerprint density at radius 1 is 1.50 bits per heavy atom. The third-order valence-corrected chi connectivity index (χ3v) is 2.13. The number of hydrogen-bond donors (Lipinski definition) is 0. The number of carbonyl (C=O) groups excluding carboxylic acids is 1. The molecule has 0 saturated heterocycles. The third kappa shape index (κ3) is 2.16. The zero-order valence-corrected chi connectivity index (χ0v) is 8.75. The first kappa shape index (κ1) is 12.1. The van der Waals surface area contributed by atoms with Crippen LogP contribution in [-0.2, 0) is 4.74 Å². The number of alkyl halides is 2. The highest BCUT2D eigenvalue weighted by molar-refractivity contribution is 5.90. The van der Waals surface area contributed by atoms with E-state index in [-0.39, 0.29) is 11.1 Å². The normalized spacial score (nSPS) is 10.0. The minimum Gasteiger partial charge on any atom is -0.465 e. The molecular formula is C11H9F2NO2. The fourth-order valence-electron chi connectivity index (χ4n) is 1.37. The number of ether oxygens (including phenoxy) is 1. The molecule has 1 aromatic carbocycles. The highest BCUT2D eigenvalue weighted by Crippen LogP contribution is 2.26. The summed E-state index contributed by atoms with van der Waals surface area (Å²) in [5.74, 6) is -0.700. The fourth-order valence-corrected chi connectivity index (χ4v) is 1.37. The van der Waals surface area contributed by atoms with Crippen molar-refractivity contribution in [2.45, 2.75) is 13.3 Å². The lowest BCUT2D eigenvalue weighted by Crippen LogP contribution is -2.05. The van der Waals surface area contributed by atoms with E-state index in [1.165, 1.54) is 13.0 Å². The van der Waals surface area contributed by atoms with E-state index in [9.17, 15) is 13.6 Å². The Balaban J connectivity index is 3.41. The van der Waals surface area contributed by atoms with Crippen LogP contribution in [0.5, 0.6) is 0 Å². The number of aryl methyl sites for hydroxylation is 1. The molecule has 5 heteroatoms. The number of esters is 1. The van der Waals surface area contributed by atoms with Crippen LogP contribution < -0.4 is 0 Å². The van der Waals surface area contributed by atoms with E-state index in [0.29, 0.717) is 5.56 Å². The number of hydrogen-bond acceptors (Lipinski definition) is 3. The van der Waals surface area contributed by atoms with Gasteiger partial charge in [0.1, 0.15) is 0 Å². The quantitative estimate of drug-likeness (QED) is 0.727. The number of nitrogens with zero attached hydrogens (tertiary/aromatic N) is 1. The number of rotatable bonds is 2. The van der Waals surface area contributed by atoms with Gasteiger partial charge in [-0.3, -0.25) is 0 Å². The lowest BCUT2D eigenvalue weighted by Gasteiger charge is -2.08. The van der Waals surface area contributed by atoms with Gasteiger partial charge in [0.15, 0.2) is 0 Å². The summed E-state index contributed by atoms with van der Waals surface area (Å²) >= 11 is 0. The molecule has 1 aromatic rings. The summed E-state index contributed by atoms with van der Waals surface area (Å²) in [6.07, 6.45) is -2.79. The summed E-state index contributed by atoms with van der Waals surface area (Å²) in [4.78, 5) is 11.2. The molecule has 84 valence electrons. The minimum absolute atomic E-state index is 0.0225. The van der Waals surface area contributed by atoms with Gasteiger partial charge >= 0.3 is 5.97 Å². The van der Waals surface area contributed by atoms with Gasteiger partial charge in [-0.1, -0.05) is 0 Å². The van der Waals surface area contributed by atoms with Crippen molar-refractivity contribution >= 4 is 5.97 Å². The van der Waals surface area contributed by atoms with E-state index in [2.05, 4.69) is 4.74 Å². The third-order valence-electron chi connectivity index (χ3n) is 2.13. The number of halogens is 2. The predicted octanol–water partition coefficient (Wildman–Crippen LogP) is 2.59. The maximum atomic E-state index is 12.6. The van der Waals surface area contributed by atoms with Crippen LogP contribution >= 0.6 is 0 Å². The van der Waals surface area contributed by atoms with Crippen molar-refractivity contribution in [3.8, 4) is 6.07 Å². The van der Waals surface area contributed by atoms with Gasteiger partial charge in [-0.05, 0) is 24.6 Å². The Morgan fingerprint density at radius 3 is 2.56 bits per heavy atom. The van der Waals surface area contributed by atoms with Crippen molar-refractivity contribution in [2.24, 2.45) is 0 Å². The van der Waals surface area contributed by atoms with E-state index in [4.69, 9.17) is 5.26 Å². The largest absolute Gasteiger partial charge is 0.465 e. The van der Waals surface area contributed by atoms with Gasteiger partial charge in [-0.15, -0.1) is 0 Å². The molecule has 0 unspecified atom stereocenters. The predicted molar refractivity (Wildman–Crippen MR) is 52.2 cm³/mol. The lowest BCUT2D eigenvalue weighted by atomic mass is 9.99. The van der Waals surface area contributed by atoms with E-state index in [1.54, 1.807) is 6.07 Å². The van der Waals surface area contributed by atoms with Crippen LogP contribution in [0.15, 0.2) is 12.1 Å². The fraction of sp³-hybridized carbons (Fsp3) is 0.273. The molecule has 0 bridgehead atoms. The summed E-state index contributed by atoms with van der Waals surface area (Å²) in [5, 5.41) is 8.74. The molecule has 0 aliphatic rings. The van der Waals surface area contributed by atoms with Crippen molar-refractivity contribution < 1.29 is 18.3 Å². The number of nitriles is 1. The summed E-state index contributed by atoms with van der Waals surface area (Å²) in [5.41, 5.74) is -0.180. The van der Waals surface area contributed by atoms with Crippen LogP contribution in [0.1, 0.15) is 33.5 Å². The second kappa shape index (κ2) is 4.71. The first-order valence-electron chi connectivity index (χ1n) is 4.42. The van der Waals surface area contributed by atoms with Gasteiger partial charge in [0.2, 0.25) is 0 Å². The van der Waals surface area contributed by atoms with Crippen molar-refractivity contribution in [1.29, 1.82) is 5.26 Å². The second-order valence-electron chi connectivity index (χ2n) is 3.16. The Labute approximate surface area is 91.3 Å². The molecular weight excluding hydrogens is 216 g/mol. The second-order valence-corrected chi connectivity index (χ2v) is 3.16. The molecule has 0 aliphatic heterocycles. The Hall–Kier alpha value is -1.96. The molecule has 0 amide bonds. The standard InChI is InChI=1S/C11H9F2NO2/c1-6-3-7(11(15)16-2)4-8(10(12)13)9(6)5-14/h3-4,10H,1-2H3. The lowest BCUT2D eigenvalue weighted by molar-refractivity contribution is 0.0600. The van der Waals surface area contributed by atoms with Crippen LogP contribution in [-0.4, -0.2) is 13.1 Å². The SMILES string of the molecule is COC(=O)c1cc(C)c(C#N)c(C(F)F)c1. The van der Waals surface area contributed by atoms with Crippen molar-refractivity contribution in [3.63, 3.8) is 0 Å². The molecule has 0 saturated carbocycles. The summed E-state index contributed by atoms with van der Waals surface area (Å²) < 4.78 is 29.7. The highest BCUT2D eigenvalue weighted by Gasteiger charge is 2.18. The highest BCUT2D eigenvalue weighted by atomic mass is 19.3. The molecule has 0 aliphatic carbocycles. The molecule has 0 radical (unpaired) electrons. The number of carbonyl (C=O) groups is 1. The van der Waals surface area contributed by atoms with Crippen LogP contribution in [0.2, 0.25) is 0 Å². The number of methoxy groups -OCH3 is 1. The molecule has 1 rings (SSSR count). The van der Waals surface area contributed by atoms with Gasteiger partial charge in [0.05, 0.1) is 24.3 Å². The minimum atomic E-state index is -2.79. The molecule has 16 heavy (non-hydrogen) atoms. The van der Waals surface area contributed by atoms with Gasteiger partial charge in [-0.25, -0.2) is 13.6 Å². The molecule has 0 N–H and O–H groups in total. The smallest absolute Gasteiger partial charge is 0.337 e. The zero-order valence-electron chi connectivity index (χ0n) is 8.75. The van der Waals surface area contributed by atoms with E-state index < -0.39 is 18.0 Å². The van der Waals surface area contributed by atoms with E-state index in [0.717, 1.165) is 13.2 Å². The van der Waals surface area contributed by atoms with Gasteiger partial charge in [-0.2, -0.15) is 5.26 Å². The van der Waals surface area contributed by atoms with E-state index in [1.807, 2.05) is 0 Å². The maximum Gasteiger partial charge on any atom is 0.337 e. The zero-order chi connectivity index (χ0) is 12.3. The van der Waals surface area contributed by atoms with Gasteiger partial charge in [0, 0.05) is 5.56 Å². The molecule has 0 atom stereocenters. The van der Waals surface area contributed by atoms with Gasteiger partial charge in [0.25, 0.3) is 6.43 Å². The summed E-state index contributed by atoms with van der Waals surface area (Å²) in [7, 11) is 1.16. The average molecular weight is 225 g/mol. The monoisotopic (exact) mass is 225 g/mol. The first-order chi connectivity index (χ1) is 7.51. The van der Waals surface area contributed by atoms with Crippen molar-refractivity contribution in [2.75, 3.05) is 7.11 Å². The molecule has 0 fully saturated rings. The topological polar surface area (TPSA) is 50.1 Å².